The van der Waals surface area contributed by atoms with Crippen molar-refractivity contribution in [2.45, 2.75) is 6.42 Å². The molecule has 0 aliphatic heterocycles. The number of amides is 1. The van der Waals surface area contributed by atoms with Crippen LogP contribution >= 0.6 is 34.8 Å². The lowest BCUT2D eigenvalue weighted by Crippen LogP contribution is -2.30. The normalized spacial score (nSPS) is 10.8. The Morgan fingerprint density at radius 1 is 1.08 bits per heavy atom. The van der Waals surface area contributed by atoms with Crippen molar-refractivity contribution in [3.8, 4) is 5.75 Å². The number of H-pyrrole nitrogens is 1. The third kappa shape index (κ3) is 4.60. The van der Waals surface area contributed by atoms with Crippen LogP contribution in [0.3, 0.4) is 0 Å². The van der Waals surface area contributed by atoms with Gasteiger partial charge in [0.1, 0.15) is 5.75 Å². The summed E-state index contributed by atoms with van der Waals surface area (Å²) in [7, 11) is 0. The van der Waals surface area contributed by atoms with Gasteiger partial charge in [0.25, 0.3) is 5.91 Å². The summed E-state index contributed by atoms with van der Waals surface area (Å²) in [5.41, 5.74) is 2.12. The molecule has 0 atom stereocenters. The molecule has 2 N–H and O–H groups in total. The quantitative estimate of drug-likeness (QED) is 0.624. The second-order valence-corrected chi connectivity index (χ2v) is 6.75. The molecule has 130 valence electrons. The van der Waals surface area contributed by atoms with Crippen molar-refractivity contribution in [3.63, 3.8) is 0 Å². The molecule has 0 radical (unpaired) electrons. The fraction of sp³-hybridized carbons (Fsp3) is 0.167. The number of benzene rings is 2. The third-order valence-corrected chi connectivity index (χ3v) is 4.46. The van der Waals surface area contributed by atoms with Crippen LogP contribution in [0.25, 0.3) is 10.9 Å². The molecule has 0 spiro atoms. The van der Waals surface area contributed by atoms with Gasteiger partial charge in [0.05, 0.1) is 5.02 Å². The number of ether oxygens (including phenoxy) is 1. The van der Waals surface area contributed by atoms with Gasteiger partial charge in [-0.05, 0) is 48.4 Å². The van der Waals surface area contributed by atoms with Crippen molar-refractivity contribution >= 4 is 51.6 Å². The number of halogens is 3. The maximum atomic E-state index is 11.9. The molecule has 0 saturated heterocycles. The van der Waals surface area contributed by atoms with Gasteiger partial charge in [-0.15, -0.1) is 0 Å². The second kappa shape index (κ2) is 8.00. The van der Waals surface area contributed by atoms with E-state index < -0.39 is 0 Å². The van der Waals surface area contributed by atoms with E-state index in [0.29, 0.717) is 33.8 Å². The second-order valence-electron chi connectivity index (χ2n) is 5.47. The zero-order valence-corrected chi connectivity index (χ0v) is 15.4. The number of rotatable bonds is 6. The van der Waals surface area contributed by atoms with Gasteiger partial charge in [0.15, 0.2) is 6.61 Å². The summed E-state index contributed by atoms with van der Waals surface area (Å²) in [5, 5.41) is 5.45. The van der Waals surface area contributed by atoms with E-state index >= 15 is 0 Å². The van der Waals surface area contributed by atoms with Crippen molar-refractivity contribution in [1.29, 1.82) is 0 Å². The molecule has 4 nitrogen and oxygen atoms in total. The van der Waals surface area contributed by atoms with E-state index in [1.165, 1.54) is 0 Å². The van der Waals surface area contributed by atoms with Gasteiger partial charge in [-0.3, -0.25) is 4.79 Å². The van der Waals surface area contributed by atoms with Gasteiger partial charge >= 0.3 is 0 Å². The topological polar surface area (TPSA) is 54.1 Å². The van der Waals surface area contributed by atoms with Crippen molar-refractivity contribution < 1.29 is 9.53 Å². The monoisotopic (exact) mass is 396 g/mol. The smallest absolute Gasteiger partial charge is 0.257 e. The predicted octanol–water partition coefficient (Wildman–Crippen LogP) is 4.87. The summed E-state index contributed by atoms with van der Waals surface area (Å²) >= 11 is 17.9. The van der Waals surface area contributed by atoms with Crippen LogP contribution in [0.4, 0.5) is 0 Å². The first-order valence-corrected chi connectivity index (χ1v) is 8.76. The molecular weight excluding hydrogens is 383 g/mol. The van der Waals surface area contributed by atoms with E-state index in [-0.39, 0.29) is 12.5 Å². The van der Waals surface area contributed by atoms with Crippen LogP contribution in [-0.2, 0) is 11.2 Å². The minimum absolute atomic E-state index is 0.110. The van der Waals surface area contributed by atoms with E-state index in [4.69, 9.17) is 39.5 Å². The van der Waals surface area contributed by atoms with Crippen LogP contribution < -0.4 is 10.1 Å². The highest BCUT2D eigenvalue weighted by Gasteiger charge is 2.08. The van der Waals surface area contributed by atoms with Crippen LogP contribution in [0.1, 0.15) is 5.56 Å². The van der Waals surface area contributed by atoms with Crippen molar-refractivity contribution in [1.82, 2.24) is 10.3 Å². The van der Waals surface area contributed by atoms with Gasteiger partial charge < -0.3 is 15.0 Å². The van der Waals surface area contributed by atoms with E-state index in [1.807, 2.05) is 24.4 Å². The number of aromatic nitrogens is 1. The number of carbonyl (C=O) groups excluding carboxylic acids is 1. The molecule has 3 aromatic rings. The summed E-state index contributed by atoms with van der Waals surface area (Å²) in [5.74, 6) is 0.205. The summed E-state index contributed by atoms with van der Waals surface area (Å²) in [6.07, 6.45) is 2.62. The number of fused-ring (bicyclic) bond motifs is 1. The minimum atomic E-state index is -0.219. The first-order valence-electron chi connectivity index (χ1n) is 7.63. The lowest BCUT2D eigenvalue weighted by atomic mass is 10.1. The molecule has 3 rings (SSSR count). The highest BCUT2D eigenvalue weighted by molar-refractivity contribution is 6.35. The Labute approximate surface area is 160 Å². The first-order chi connectivity index (χ1) is 12.0. The summed E-state index contributed by atoms with van der Waals surface area (Å²) < 4.78 is 5.40. The molecule has 0 aliphatic rings. The Hall–Kier alpha value is -1.88. The maximum Gasteiger partial charge on any atom is 0.257 e. The van der Waals surface area contributed by atoms with E-state index in [9.17, 15) is 4.79 Å². The molecule has 2 aromatic carbocycles. The van der Waals surface area contributed by atoms with Crippen molar-refractivity contribution in [2.24, 2.45) is 0 Å². The zero-order chi connectivity index (χ0) is 17.8. The molecule has 7 heteroatoms. The molecule has 0 aliphatic carbocycles. The first kappa shape index (κ1) is 17.9. The molecule has 0 bridgehead atoms. The molecule has 0 unspecified atom stereocenters. The van der Waals surface area contributed by atoms with Crippen LogP contribution in [-0.4, -0.2) is 24.0 Å². The van der Waals surface area contributed by atoms with Gasteiger partial charge in [0.2, 0.25) is 0 Å². The van der Waals surface area contributed by atoms with Crippen molar-refractivity contribution in [2.75, 3.05) is 13.2 Å². The zero-order valence-electron chi connectivity index (χ0n) is 13.1. The lowest BCUT2D eigenvalue weighted by Gasteiger charge is -2.09. The third-order valence-electron chi connectivity index (χ3n) is 3.70. The van der Waals surface area contributed by atoms with Gasteiger partial charge in [-0.25, -0.2) is 0 Å². The standard InChI is InChI=1S/C18H15Cl3N2O2/c19-12-1-3-16-14(7-12)11(9-23-16)5-6-22-18(24)10-25-17-4-2-13(20)8-15(17)21/h1-4,7-9,23H,5-6,10H2,(H,22,24). The van der Waals surface area contributed by atoms with Crippen LogP contribution in [0.2, 0.25) is 15.1 Å². The number of aromatic amines is 1. The highest BCUT2D eigenvalue weighted by Crippen LogP contribution is 2.27. The minimum Gasteiger partial charge on any atom is -0.482 e. The molecule has 1 heterocycles. The van der Waals surface area contributed by atoms with Gasteiger partial charge in [-0.1, -0.05) is 34.8 Å². The van der Waals surface area contributed by atoms with Crippen LogP contribution in [0.5, 0.6) is 5.75 Å². The number of hydrogen-bond donors (Lipinski definition) is 2. The molecule has 1 amide bonds. The lowest BCUT2D eigenvalue weighted by molar-refractivity contribution is -0.123. The van der Waals surface area contributed by atoms with E-state index in [0.717, 1.165) is 16.5 Å². The fourth-order valence-electron chi connectivity index (χ4n) is 2.48. The van der Waals surface area contributed by atoms with Gasteiger partial charge in [0, 0.05) is 33.7 Å². The molecule has 1 aromatic heterocycles. The van der Waals surface area contributed by atoms with E-state index in [1.54, 1.807) is 18.2 Å². The highest BCUT2D eigenvalue weighted by atomic mass is 35.5. The van der Waals surface area contributed by atoms with Crippen LogP contribution in [0, 0.1) is 0 Å². The predicted molar refractivity (Wildman–Crippen MR) is 102 cm³/mol. The molecule has 0 saturated carbocycles. The average molecular weight is 398 g/mol. The number of hydrogen-bond acceptors (Lipinski definition) is 2. The summed E-state index contributed by atoms with van der Waals surface area (Å²) in [4.78, 5) is 15.1. The van der Waals surface area contributed by atoms with E-state index in [2.05, 4.69) is 10.3 Å². The SMILES string of the molecule is O=C(COc1ccc(Cl)cc1Cl)NCCc1c[nH]c2ccc(Cl)cc12. The maximum absolute atomic E-state index is 11.9. The Morgan fingerprint density at radius 3 is 2.64 bits per heavy atom. The fourth-order valence-corrected chi connectivity index (χ4v) is 3.12. The Bertz CT molecular complexity index is 908. The Kier molecular flexibility index (Phi) is 5.74. The largest absolute Gasteiger partial charge is 0.482 e. The Balaban J connectivity index is 1.49. The van der Waals surface area contributed by atoms with Gasteiger partial charge in [-0.2, -0.15) is 0 Å². The van der Waals surface area contributed by atoms with Crippen molar-refractivity contribution in [3.05, 3.63) is 63.2 Å². The number of carbonyl (C=O) groups is 1. The molecule has 25 heavy (non-hydrogen) atoms. The summed E-state index contributed by atoms with van der Waals surface area (Å²) in [6.45, 7) is 0.386. The van der Waals surface area contributed by atoms with Crippen LogP contribution in [0.15, 0.2) is 42.6 Å². The number of nitrogens with one attached hydrogen (secondary N) is 2. The average Bonchev–Trinajstić information content (AvgIpc) is 2.96. The molecule has 0 fully saturated rings. The molecular formula is C18H15Cl3N2O2. The summed E-state index contributed by atoms with van der Waals surface area (Å²) in [6, 6.07) is 10.5. The Morgan fingerprint density at radius 2 is 1.84 bits per heavy atom.